The van der Waals surface area contributed by atoms with Crippen molar-refractivity contribution in [2.24, 2.45) is 0 Å². The van der Waals surface area contributed by atoms with Crippen LogP contribution < -0.4 is 0 Å². The van der Waals surface area contributed by atoms with E-state index in [4.69, 9.17) is 0 Å². The maximum absolute atomic E-state index is 13.3. The van der Waals surface area contributed by atoms with Crippen LogP contribution in [0, 0.1) is 10.1 Å². The number of halogens is 1. The Hall–Kier alpha value is -3.52. The van der Waals surface area contributed by atoms with Crippen molar-refractivity contribution in [3.8, 4) is 11.3 Å². The van der Waals surface area contributed by atoms with Gasteiger partial charge in [-0.15, -0.1) is 3.89 Å². The maximum atomic E-state index is 13.3. The van der Waals surface area contributed by atoms with E-state index >= 15 is 0 Å². The molecular weight excluding hydrogens is 407 g/mol. The molecule has 8 heteroatoms. The van der Waals surface area contributed by atoms with E-state index in [1.54, 1.807) is 0 Å². The highest BCUT2D eigenvalue weighted by Gasteiger charge is 2.27. The number of para-hydroxylation sites is 1. The summed E-state index contributed by atoms with van der Waals surface area (Å²) >= 11 is 0. The third-order valence-electron chi connectivity index (χ3n) is 5.05. The van der Waals surface area contributed by atoms with E-state index in [0.29, 0.717) is 11.3 Å². The fraction of sp³-hybridized carbons (Fsp3) is 0.0909. The molecule has 0 fully saturated rings. The standard InChI is InChI=1S/C22H17FN2O4S/c23-30(28,29)17-12-10-16(11-13-17)22-21(18-8-4-5-9-20(18)24-22)19(14-25(26)27)15-6-2-1-3-7-15/h1-13,19,24H,14H2. The van der Waals surface area contributed by atoms with Gasteiger partial charge in [0, 0.05) is 15.8 Å². The lowest BCUT2D eigenvalue weighted by Gasteiger charge is -2.16. The van der Waals surface area contributed by atoms with Gasteiger partial charge in [0.2, 0.25) is 6.54 Å². The third kappa shape index (κ3) is 3.81. The molecule has 1 aromatic heterocycles. The number of aromatic amines is 1. The van der Waals surface area contributed by atoms with E-state index in [-0.39, 0.29) is 11.5 Å². The summed E-state index contributed by atoms with van der Waals surface area (Å²) in [5.74, 6) is -0.531. The SMILES string of the molecule is O=[N+]([O-])CC(c1ccccc1)c1c(-c2ccc(S(=O)(=O)F)cc2)[nH]c2ccccc12. The van der Waals surface area contributed by atoms with Crippen LogP contribution in [0.25, 0.3) is 22.2 Å². The molecular formula is C22H17FN2O4S. The molecule has 1 N–H and O–H groups in total. The Balaban J connectivity index is 1.95. The second-order valence-corrected chi connectivity index (χ2v) is 8.25. The van der Waals surface area contributed by atoms with Gasteiger partial charge in [-0.25, -0.2) is 0 Å². The van der Waals surface area contributed by atoms with Gasteiger partial charge in [-0.3, -0.25) is 10.1 Å². The summed E-state index contributed by atoms with van der Waals surface area (Å²) in [4.78, 5) is 14.0. The number of nitrogens with zero attached hydrogens (tertiary/aromatic N) is 1. The monoisotopic (exact) mass is 424 g/mol. The summed E-state index contributed by atoms with van der Waals surface area (Å²) in [6, 6.07) is 22.0. The molecule has 3 aromatic carbocycles. The molecule has 0 saturated heterocycles. The molecule has 4 aromatic rings. The Bertz CT molecular complexity index is 1320. The Morgan fingerprint density at radius 2 is 1.57 bits per heavy atom. The van der Waals surface area contributed by atoms with Gasteiger partial charge in [-0.2, -0.15) is 8.42 Å². The molecule has 4 rings (SSSR count). The number of fused-ring (bicyclic) bond motifs is 1. The van der Waals surface area contributed by atoms with Crippen molar-refractivity contribution < 1.29 is 17.2 Å². The Kier molecular flexibility index (Phi) is 5.09. The molecule has 0 saturated carbocycles. The second-order valence-electron chi connectivity index (χ2n) is 6.90. The van der Waals surface area contributed by atoms with Gasteiger partial charge >= 0.3 is 10.2 Å². The van der Waals surface area contributed by atoms with Crippen LogP contribution in [0.1, 0.15) is 17.0 Å². The van der Waals surface area contributed by atoms with Crippen LogP contribution in [-0.4, -0.2) is 24.9 Å². The van der Waals surface area contributed by atoms with Gasteiger partial charge in [-0.05, 0) is 34.9 Å². The van der Waals surface area contributed by atoms with E-state index in [1.165, 1.54) is 24.3 Å². The smallest absolute Gasteiger partial charge is 0.332 e. The molecule has 0 aliphatic carbocycles. The summed E-state index contributed by atoms with van der Waals surface area (Å²) in [6.45, 7) is -0.310. The molecule has 0 spiro atoms. The highest BCUT2D eigenvalue weighted by atomic mass is 32.3. The normalized spacial score (nSPS) is 12.7. The first-order valence-corrected chi connectivity index (χ1v) is 10.6. The molecule has 6 nitrogen and oxygen atoms in total. The van der Waals surface area contributed by atoms with Crippen molar-refractivity contribution in [1.82, 2.24) is 4.98 Å². The summed E-state index contributed by atoms with van der Waals surface area (Å²) in [6.07, 6.45) is 0. The lowest BCUT2D eigenvalue weighted by Crippen LogP contribution is -2.14. The lowest BCUT2D eigenvalue weighted by molar-refractivity contribution is -0.481. The summed E-state index contributed by atoms with van der Waals surface area (Å²) in [5, 5.41) is 12.3. The fourth-order valence-electron chi connectivity index (χ4n) is 3.74. The van der Waals surface area contributed by atoms with Crippen molar-refractivity contribution in [3.05, 3.63) is 100 Å². The van der Waals surface area contributed by atoms with Gasteiger partial charge in [0.25, 0.3) is 0 Å². The van der Waals surface area contributed by atoms with Crippen molar-refractivity contribution in [2.45, 2.75) is 10.8 Å². The Labute approximate surface area is 172 Å². The molecule has 0 bridgehead atoms. The number of rotatable bonds is 6. The summed E-state index contributed by atoms with van der Waals surface area (Å²) in [7, 11) is -4.81. The predicted molar refractivity (Wildman–Crippen MR) is 112 cm³/mol. The van der Waals surface area contributed by atoms with E-state index in [0.717, 1.165) is 22.0 Å². The molecule has 1 atom stereocenters. The molecule has 0 aliphatic rings. The highest BCUT2D eigenvalue weighted by molar-refractivity contribution is 7.86. The van der Waals surface area contributed by atoms with Gasteiger partial charge in [0.1, 0.15) is 0 Å². The molecule has 152 valence electrons. The van der Waals surface area contributed by atoms with Crippen LogP contribution >= 0.6 is 0 Å². The second kappa shape index (κ2) is 7.72. The van der Waals surface area contributed by atoms with Crippen LogP contribution in [0.2, 0.25) is 0 Å². The zero-order valence-corrected chi connectivity index (χ0v) is 16.5. The minimum Gasteiger partial charge on any atom is -0.354 e. The Morgan fingerprint density at radius 1 is 0.933 bits per heavy atom. The minimum atomic E-state index is -4.81. The predicted octanol–water partition coefficient (Wildman–Crippen LogP) is 4.90. The largest absolute Gasteiger partial charge is 0.354 e. The number of nitro groups is 1. The maximum Gasteiger partial charge on any atom is 0.332 e. The molecule has 1 unspecified atom stereocenters. The number of hydrogen-bond acceptors (Lipinski definition) is 4. The first kappa shape index (κ1) is 19.8. The van der Waals surface area contributed by atoms with E-state index in [1.807, 2.05) is 54.6 Å². The average Bonchev–Trinajstić information content (AvgIpc) is 3.11. The van der Waals surface area contributed by atoms with E-state index in [9.17, 15) is 22.4 Å². The number of H-pyrrole nitrogens is 1. The van der Waals surface area contributed by atoms with Gasteiger partial charge in [0.15, 0.2) is 0 Å². The molecule has 0 aliphatic heterocycles. The minimum absolute atomic E-state index is 0.310. The van der Waals surface area contributed by atoms with Crippen LogP contribution in [-0.2, 0) is 10.2 Å². The van der Waals surface area contributed by atoms with Gasteiger partial charge in [0.05, 0.1) is 16.5 Å². The van der Waals surface area contributed by atoms with Crippen LogP contribution in [0.15, 0.2) is 83.8 Å². The molecule has 30 heavy (non-hydrogen) atoms. The third-order valence-corrected chi connectivity index (χ3v) is 5.89. The number of hydrogen-bond donors (Lipinski definition) is 1. The van der Waals surface area contributed by atoms with Gasteiger partial charge < -0.3 is 4.98 Å². The zero-order valence-electron chi connectivity index (χ0n) is 15.7. The number of benzene rings is 3. The number of aromatic nitrogens is 1. The quantitative estimate of drug-likeness (QED) is 0.271. The fourth-order valence-corrected chi connectivity index (χ4v) is 4.20. The summed E-state index contributed by atoms with van der Waals surface area (Å²) < 4.78 is 35.6. The molecule has 1 heterocycles. The van der Waals surface area contributed by atoms with E-state index < -0.39 is 21.0 Å². The average molecular weight is 424 g/mol. The highest BCUT2D eigenvalue weighted by Crippen LogP contribution is 2.39. The Morgan fingerprint density at radius 3 is 2.20 bits per heavy atom. The zero-order chi connectivity index (χ0) is 21.3. The first-order valence-electron chi connectivity index (χ1n) is 9.17. The topological polar surface area (TPSA) is 93.1 Å². The van der Waals surface area contributed by atoms with Crippen LogP contribution in [0.3, 0.4) is 0 Å². The van der Waals surface area contributed by atoms with Crippen LogP contribution in [0.4, 0.5) is 3.89 Å². The summed E-state index contributed by atoms with van der Waals surface area (Å²) in [5.41, 5.74) is 3.58. The number of nitrogens with one attached hydrogen (secondary N) is 1. The van der Waals surface area contributed by atoms with Gasteiger partial charge in [-0.1, -0.05) is 60.7 Å². The molecule has 0 radical (unpaired) electrons. The first-order chi connectivity index (χ1) is 14.3. The van der Waals surface area contributed by atoms with E-state index in [2.05, 4.69) is 4.98 Å². The van der Waals surface area contributed by atoms with Crippen molar-refractivity contribution >= 4 is 21.1 Å². The molecule has 0 amide bonds. The van der Waals surface area contributed by atoms with Crippen LogP contribution in [0.5, 0.6) is 0 Å². The lowest BCUT2D eigenvalue weighted by atomic mass is 9.87. The van der Waals surface area contributed by atoms with Crippen molar-refractivity contribution in [3.63, 3.8) is 0 Å². The van der Waals surface area contributed by atoms with Crippen molar-refractivity contribution in [1.29, 1.82) is 0 Å². The van der Waals surface area contributed by atoms with Crippen molar-refractivity contribution in [2.75, 3.05) is 6.54 Å².